The summed E-state index contributed by atoms with van der Waals surface area (Å²) in [4.78, 5) is 0. The van der Waals surface area contributed by atoms with E-state index in [0.29, 0.717) is 6.73 Å². The quantitative estimate of drug-likeness (QED) is 0.567. The third-order valence-electron chi connectivity index (χ3n) is 2.08. The second kappa shape index (κ2) is 5.66. The van der Waals surface area contributed by atoms with E-state index in [1.807, 2.05) is 16.8 Å². The Morgan fingerprint density at radius 3 is 2.47 bits per heavy atom. The summed E-state index contributed by atoms with van der Waals surface area (Å²) >= 11 is 6.93. The van der Waals surface area contributed by atoms with Crippen LogP contribution in [0.15, 0.2) is 21.3 Å². The standard InChI is InChI=1S/C10H17Br2NOSi/c1-15(2,3)7-6-14-8-13-5-4-9(11)10(13)12/h4-5H,6-8H2,1-3H3. The number of halogens is 2. The topological polar surface area (TPSA) is 14.2 Å². The molecule has 0 aliphatic heterocycles. The van der Waals surface area contributed by atoms with Crippen LogP contribution in [0.3, 0.4) is 0 Å². The van der Waals surface area contributed by atoms with E-state index in [0.717, 1.165) is 15.7 Å². The zero-order chi connectivity index (χ0) is 11.5. The summed E-state index contributed by atoms with van der Waals surface area (Å²) in [5.74, 6) is 0. The lowest BCUT2D eigenvalue weighted by Crippen LogP contribution is -2.22. The lowest BCUT2D eigenvalue weighted by molar-refractivity contribution is 0.0860. The minimum Gasteiger partial charge on any atom is -0.361 e. The van der Waals surface area contributed by atoms with Gasteiger partial charge in [-0.25, -0.2) is 0 Å². The summed E-state index contributed by atoms with van der Waals surface area (Å²) in [7, 11) is -0.959. The molecule has 1 heterocycles. The molecule has 0 unspecified atom stereocenters. The Morgan fingerprint density at radius 1 is 1.33 bits per heavy atom. The predicted molar refractivity (Wildman–Crippen MR) is 73.9 cm³/mol. The summed E-state index contributed by atoms with van der Waals surface area (Å²) in [6.45, 7) is 8.56. The van der Waals surface area contributed by atoms with Crippen LogP contribution in [-0.4, -0.2) is 19.2 Å². The van der Waals surface area contributed by atoms with E-state index in [2.05, 4.69) is 51.5 Å². The van der Waals surface area contributed by atoms with E-state index in [4.69, 9.17) is 4.74 Å². The number of nitrogens with zero attached hydrogens (tertiary/aromatic N) is 1. The molecule has 0 fully saturated rings. The van der Waals surface area contributed by atoms with Crippen molar-refractivity contribution in [3.8, 4) is 0 Å². The Balaban J connectivity index is 2.30. The summed E-state index contributed by atoms with van der Waals surface area (Å²) in [6.07, 6.45) is 2.00. The van der Waals surface area contributed by atoms with Gasteiger partial charge >= 0.3 is 0 Å². The molecule has 0 N–H and O–H groups in total. The Kier molecular flexibility index (Phi) is 5.09. The Morgan fingerprint density at radius 2 is 2.00 bits per heavy atom. The summed E-state index contributed by atoms with van der Waals surface area (Å²) < 4.78 is 9.78. The van der Waals surface area contributed by atoms with Crippen molar-refractivity contribution >= 4 is 39.9 Å². The molecule has 1 rings (SSSR count). The predicted octanol–water partition coefficient (Wildman–Crippen LogP) is 4.33. The van der Waals surface area contributed by atoms with Gasteiger partial charge in [-0.2, -0.15) is 0 Å². The summed E-state index contributed by atoms with van der Waals surface area (Å²) in [6, 6.07) is 3.22. The molecule has 86 valence electrons. The maximum Gasteiger partial charge on any atom is 0.123 e. The van der Waals surface area contributed by atoms with Gasteiger partial charge in [0.1, 0.15) is 11.3 Å². The first-order chi connectivity index (χ1) is 6.90. The van der Waals surface area contributed by atoms with Gasteiger partial charge in [0.25, 0.3) is 0 Å². The fraction of sp³-hybridized carbons (Fsp3) is 0.600. The van der Waals surface area contributed by atoms with Gasteiger partial charge in [-0.15, -0.1) is 0 Å². The van der Waals surface area contributed by atoms with E-state index < -0.39 is 8.07 Å². The van der Waals surface area contributed by atoms with Crippen LogP contribution in [0.4, 0.5) is 0 Å². The zero-order valence-electron chi connectivity index (χ0n) is 9.39. The van der Waals surface area contributed by atoms with Crippen molar-refractivity contribution in [2.75, 3.05) is 6.61 Å². The van der Waals surface area contributed by atoms with Crippen LogP contribution >= 0.6 is 31.9 Å². The van der Waals surface area contributed by atoms with Crippen molar-refractivity contribution in [2.45, 2.75) is 32.4 Å². The van der Waals surface area contributed by atoms with E-state index >= 15 is 0 Å². The highest BCUT2D eigenvalue weighted by atomic mass is 79.9. The van der Waals surface area contributed by atoms with Gasteiger partial charge in [0.2, 0.25) is 0 Å². The lowest BCUT2D eigenvalue weighted by Gasteiger charge is -2.15. The molecule has 5 heteroatoms. The molecule has 0 atom stereocenters. The fourth-order valence-corrected chi connectivity index (χ4v) is 2.52. The van der Waals surface area contributed by atoms with Crippen molar-refractivity contribution in [1.29, 1.82) is 0 Å². The number of hydrogen-bond acceptors (Lipinski definition) is 1. The average molecular weight is 355 g/mol. The highest BCUT2D eigenvalue weighted by molar-refractivity contribution is 9.13. The number of rotatable bonds is 5. The molecule has 1 aromatic rings. The van der Waals surface area contributed by atoms with Gasteiger partial charge < -0.3 is 9.30 Å². The highest BCUT2D eigenvalue weighted by Gasteiger charge is 2.12. The molecule has 0 radical (unpaired) electrons. The third-order valence-corrected chi connectivity index (χ3v) is 5.84. The van der Waals surface area contributed by atoms with Crippen LogP contribution in [0.1, 0.15) is 0 Å². The summed E-state index contributed by atoms with van der Waals surface area (Å²) in [5.41, 5.74) is 0. The number of ether oxygens (including phenoxy) is 1. The van der Waals surface area contributed by atoms with E-state index in [1.54, 1.807) is 0 Å². The normalized spacial score (nSPS) is 12.1. The molecule has 0 saturated heterocycles. The largest absolute Gasteiger partial charge is 0.361 e. The number of hydrogen-bond donors (Lipinski definition) is 0. The maximum atomic E-state index is 5.64. The van der Waals surface area contributed by atoms with Gasteiger partial charge in [-0.1, -0.05) is 19.6 Å². The van der Waals surface area contributed by atoms with Crippen molar-refractivity contribution in [1.82, 2.24) is 4.57 Å². The van der Waals surface area contributed by atoms with Crippen LogP contribution in [0.5, 0.6) is 0 Å². The Labute approximate surface area is 109 Å². The van der Waals surface area contributed by atoms with Crippen molar-refractivity contribution < 1.29 is 4.74 Å². The molecule has 0 saturated carbocycles. The van der Waals surface area contributed by atoms with Gasteiger partial charge in [0, 0.05) is 25.4 Å². The monoisotopic (exact) mass is 353 g/mol. The smallest absolute Gasteiger partial charge is 0.123 e. The van der Waals surface area contributed by atoms with Crippen LogP contribution in [0.25, 0.3) is 0 Å². The molecule has 0 aliphatic rings. The molecule has 0 aromatic carbocycles. The van der Waals surface area contributed by atoms with Crippen molar-refractivity contribution in [3.63, 3.8) is 0 Å². The lowest BCUT2D eigenvalue weighted by atomic mass is 10.7. The van der Waals surface area contributed by atoms with Gasteiger partial charge in [-0.3, -0.25) is 0 Å². The van der Waals surface area contributed by atoms with E-state index in [9.17, 15) is 0 Å². The van der Waals surface area contributed by atoms with Crippen LogP contribution in [0.2, 0.25) is 25.7 Å². The molecule has 0 bridgehead atoms. The number of aromatic nitrogens is 1. The first kappa shape index (κ1) is 13.5. The third kappa shape index (κ3) is 4.85. The summed E-state index contributed by atoms with van der Waals surface area (Å²) in [5, 5.41) is 0. The molecule has 0 aliphatic carbocycles. The molecular formula is C10H17Br2NOSi. The minimum atomic E-state index is -0.959. The van der Waals surface area contributed by atoms with E-state index in [1.165, 1.54) is 6.04 Å². The highest BCUT2D eigenvalue weighted by Crippen LogP contribution is 2.23. The van der Waals surface area contributed by atoms with Gasteiger partial charge in [0.15, 0.2) is 0 Å². The fourth-order valence-electron chi connectivity index (χ4n) is 1.07. The molecule has 0 amide bonds. The van der Waals surface area contributed by atoms with Gasteiger partial charge in [0.05, 0.1) is 0 Å². The maximum absolute atomic E-state index is 5.64. The Bertz CT molecular complexity index is 320. The van der Waals surface area contributed by atoms with Crippen LogP contribution in [-0.2, 0) is 11.5 Å². The zero-order valence-corrected chi connectivity index (χ0v) is 13.6. The second-order valence-electron chi connectivity index (χ2n) is 4.77. The molecule has 2 nitrogen and oxygen atoms in total. The van der Waals surface area contributed by atoms with Crippen molar-refractivity contribution in [2.24, 2.45) is 0 Å². The van der Waals surface area contributed by atoms with Gasteiger partial charge in [-0.05, 0) is 44.0 Å². The molecule has 0 spiro atoms. The van der Waals surface area contributed by atoms with Crippen LogP contribution < -0.4 is 0 Å². The minimum absolute atomic E-state index is 0.622. The second-order valence-corrected chi connectivity index (χ2v) is 12.0. The first-order valence-electron chi connectivity index (χ1n) is 4.98. The first-order valence-corrected chi connectivity index (χ1v) is 10.3. The molecular weight excluding hydrogens is 338 g/mol. The van der Waals surface area contributed by atoms with E-state index in [-0.39, 0.29) is 0 Å². The Hall–Kier alpha value is 0.417. The van der Waals surface area contributed by atoms with Crippen molar-refractivity contribution in [3.05, 3.63) is 21.3 Å². The average Bonchev–Trinajstić information content (AvgIpc) is 2.42. The SMILES string of the molecule is C[Si](C)(C)CCOCn1ccc(Br)c1Br. The molecule has 1 aromatic heterocycles. The van der Waals surface area contributed by atoms with Crippen LogP contribution in [0, 0.1) is 0 Å². The molecule has 15 heavy (non-hydrogen) atoms.